The Bertz CT molecular complexity index is 991. The summed E-state index contributed by atoms with van der Waals surface area (Å²) in [4.78, 5) is 0. The lowest BCUT2D eigenvalue weighted by Gasteiger charge is -2.23. The Morgan fingerprint density at radius 3 is 2.52 bits per heavy atom. The van der Waals surface area contributed by atoms with Crippen molar-refractivity contribution in [3.8, 4) is 0 Å². The lowest BCUT2D eigenvalue weighted by Crippen LogP contribution is -2.31. The first-order valence-electron chi connectivity index (χ1n) is 7.75. The van der Waals surface area contributed by atoms with Crippen LogP contribution in [0.25, 0.3) is 16.5 Å². The summed E-state index contributed by atoms with van der Waals surface area (Å²) in [6, 6.07) is 17.1. The Hall–Kier alpha value is -1.80. The van der Waals surface area contributed by atoms with Crippen LogP contribution >= 0.6 is 22.6 Å². The first-order chi connectivity index (χ1) is 11.9. The van der Waals surface area contributed by atoms with Gasteiger partial charge in [-0.25, -0.2) is 8.42 Å². The molecule has 130 valence electrons. The maximum atomic E-state index is 12.2. The second-order valence-electron chi connectivity index (χ2n) is 5.79. The zero-order valence-corrected chi connectivity index (χ0v) is 16.7. The van der Waals surface area contributed by atoms with Crippen molar-refractivity contribution >= 4 is 54.8 Å². The van der Waals surface area contributed by atoms with Crippen molar-refractivity contribution < 1.29 is 12.8 Å². The van der Waals surface area contributed by atoms with Crippen LogP contribution in [-0.4, -0.2) is 21.2 Å². The van der Waals surface area contributed by atoms with Crippen molar-refractivity contribution in [1.82, 2.24) is 0 Å². The Morgan fingerprint density at radius 2 is 1.84 bits per heavy atom. The Morgan fingerprint density at radius 1 is 1.16 bits per heavy atom. The minimum Gasteiger partial charge on any atom is -0.456 e. The number of nitrogens with zero attached hydrogens (tertiary/aromatic N) is 1. The molecule has 0 N–H and O–H groups in total. The lowest BCUT2D eigenvalue weighted by molar-refractivity contribution is 0.591. The van der Waals surface area contributed by atoms with Gasteiger partial charge in [0, 0.05) is 15.5 Å². The van der Waals surface area contributed by atoms with Crippen LogP contribution in [-0.2, 0) is 10.0 Å². The summed E-state index contributed by atoms with van der Waals surface area (Å²) in [6.45, 7) is 4.39. The van der Waals surface area contributed by atoms with Gasteiger partial charge < -0.3 is 4.42 Å². The fourth-order valence-electron chi connectivity index (χ4n) is 2.63. The molecule has 1 heterocycles. The van der Waals surface area contributed by atoms with E-state index in [0.717, 1.165) is 20.1 Å². The highest BCUT2D eigenvalue weighted by atomic mass is 127. The molecule has 2 aromatic carbocycles. The van der Waals surface area contributed by atoms with E-state index >= 15 is 0 Å². The van der Waals surface area contributed by atoms with Gasteiger partial charge in [-0.15, -0.1) is 0 Å². The van der Waals surface area contributed by atoms with Gasteiger partial charge in [0.25, 0.3) is 0 Å². The van der Waals surface area contributed by atoms with E-state index in [1.165, 1.54) is 10.6 Å². The third kappa shape index (κ3) is 4.07. The van der Waals surface area contributed by atoms with Gasteiger partial charge in [-0.3, -0.25) is 4.31 Å². The highest BCUT2D eigenvalue weighted by Crippen LogP contribution is 2.28. The van der Waals surface area contributed by atoms with Crippen LogP contribution in [0.15, 0.2) is 65.6 Å². The molecule has 0 atom stereocenters. The molecule has 0 bridgehead atoms. The first kappa shape index (κ1) is 18.0. The number of fused-ring (bicyclic) bond motifs is 1. The molecule has 4 nitrogen and oxygen atoms in total. The number of anilines is 1. The fraction of sp³-hybridized carbons (Fsp3) is 0.158. The molecule has 0 fully saturated rings. The molecule has 1 aromatic heterocycles. The van der Waals surface area contributed by atoms with Crippen LogP contribution in [0.2, 0.25) is 0 Å². The van der Waals surface area contributed by atoms with Gasteiger partial charge in [0.05, 0.1) is 11.9 Å². The highest BCUT2D eigenvalue weighted by Gasteiger charge is 2.20. The molecule has 0 unspecified atom stereocenters. The normalized spacial score (nSPS) is 11.6. The number of hydrogen-bond donors (Lipinski definition) is 0. The number of para-hydroxylation sites is 2. The van der Waals surface area contributed by atoms with E-state index in [9.17, 15) is 8.42 Å². The number of hydrogen-bond acceptors (Lipinski definition) is 3. The number of benzene rings is 2. The fourth-order valence-corrected chi connectivity index (χ4v) is 4.42. The SMILES string of the molecule is C=C(CCN(c1ccccc1I)S(C)(=O)=O)c1cc2ccccc2o1. The minimum atomic E-state index is -3.39. The van der Waals surface area contributed by atoms with E-state index in [4.69, 9.17) is 4.42 Å². The van der Waals surface area contributed by atoms with Crippen LogP contribution in [0.1, 0.15) is 12.2 Å². The largest absolute Gasteiger partial charge is 0.456 e. The third-order valence-electron chi connectivity index (χ3n) is 3.91. The van der Waals surface area contributed by atoms with Crippen LogP contribution in [0.4, 0.5) is 5.69 Å². The Balaban J connectivity index is 1.81. The maximum Gasteiger partial charge on any atom is 0.232 e. The maximum absolute atomic E-state index is 12.2. The molecule has 0 aliphatic rings. The van der Waals surface area contributed by atoms with Gasteiger partial charge in [-0.05, 0) is 58.9 Å². The van der Waals surface area contributed by atoms with Crippen molar-refractivity contribution in [2.75, 3.05) is 17.1 Å². The Labute approximate surface area is 161 Å². The van der Waals surface area contributed by atoms with E-state index in [-0.39, 0.29) is 0 Å². The van der Waals surface area contributed by atoms with Crippen LogP contribution in [0, 0.1) is 3.57 Å². The Kier molecular flexibility index (Phi) is 5.19. The van der Waals surface area contributed by atoms with E-state index in [0.29, 0.717) is 24.4 Å². The zero-order chi connectivity index (χ0) is 18.0. The molecular weight excluding hydrogens is 449 g/mol. The summed E-state index contributed by atoms with van der Waals surface area (Å²) >= 11 is 2.15. The minimum absolute atomic E-state index is 0.314. The number of halogens is 1. The molecule has 0 radical (unpaired) electrons. The van der Waals surface area contributed by atoms with Crippen molar-refractivity contribution in [3.05, 3.63) is 70.5 Å². The highest BCUT2D eigenvalue weighted by molar-refractivity contribution is 14.1. The molecule has 0 saturated carbocycles. The quantitative estimate of drug-likeness (QED) is 0.485. The van der Waals surface area contributed by atoms with Gasteiger partial charge in [0.15, 0.2) is 0 Å². The van der Waals surface area contributed by atoms with Crippen molar-refractivity contribution in [3.63, 3.8) is 0 Å². The van der Waals surface area contributed by atoms with E-state index in [1.54, 1.807) is 0 Å². The predicted octanol–water partition coefficient (Wildman–Crippen LogP) is 4.91. The summed E-state index contributed by atoms with van der Waals surface area (Å²) in [5.74, 6) is 0.692. The third-order valence-corrected chi connectivity index (χ3v) is 6.00. The molecule has 0 amide bonds. The van der Waals surface area contributed by atoms with Gasteiger partial charge in [0.2, 0.25) is 10.0 Å². The molecule has 6 heteroatoms. The summed E-state index contributed by atoms with van der Waals surface area (Å²) in [5, 5.41) is 1.01. The van der Waals surface area contributed by atoms with Crippen molar-refractivity contribution in [2.24, 2.45) is 0 Å². The molecule has 0 aliphatic heterocycles. The zero-order valence-electron chi connectivity index (χ0n) is 13.8. The van der Waals surface area contributed by atoms with E-state index < -0.39 is 10.0 Å². The second-order valence-corrected chi connectivity index (χ2v) is 8.86. The monoisotopic (exact) mass is 467 g/mol. The van der Waals surface area contributed by atoms with E-state index in [2.05, 4.69) is 29.2 Å². The molecular formula is C19H18INO3S. The van der Waals surface area contributed by atoms with Gasteiger partial charge in [-0.1, -0.05) is 36.9 Å². The van der Waals surface area contributed by atoms with Crippen LogP contribution in [0.3, 0.4) is 0 Å². The van der Waals surface area contributed by atoms with E-state index in [1.807, 2.05) is 54.6 Å². The van der Waals surface area contributed by atoms with Gasteiger partial charge in [-0.2, -0.15) is 0 Å². The molecule has 25 heavy (non-hydrogen) atoms. The standard InChI is InChI=1S/C19H18INO3S/c1-14(19-13-15-7-3-6-10-18(15)24-19)11-12-21(25(2,22)23)17-9-5-4-8-16(17)20/h3-10,13H,1,11-12H2,2H3. The molecule has 0 aliphatic carbocycles. The number of furan rings is 1. The summed E-state index contributed by atoms with van der Waals surface area (Å²) < 4.78 is 32.6. The van der Waals surface area contributed by atoms with Gasteiger partial charge >= 0.3 is 0 Å². The molecule has 0 saturated heterocycles. The number of rotatable bonds is 6. The first-order valence-corrected chi connectivity index (χ1v) is 10.7. The van der Waals surface area contributed by atoms with Crippen LogP contribution < -0.4 is 4.31 Å². The summed E-state index contributed by atoms with van der Waals surface area (Å²) in [6.07, 6.45) is 1.71. The van der Waals surface area contributed by atoms with Crippen LogP contribution in [0.5, 0.6) is 0 Å². The summed E-state index contributed by atoms with van der Waals surface area (Å²) in [5.41, 5.74) is 2.26. The molecule has 3 aromatic rings. The average molecular weight is 467 g/mol. The second kappa shape index (κ2) is 7.21. The topological polar surface area (TPSA) is 50.5 Å². The smallest absolute Gasteiger partial charge is 0.232 e. The summed E-state index contributed by atoms with van der Waals surface area (Å²) in [7, 11) is -3.39. The predicted molar refractivity (Wildman–Crippen MR) is 111 cm³/mol. The molecule has 0 spiro atoms. The van der Waals surface area contributed by atoms with Crippen molar-refractivity contribution in [2.45, 2.75) is 6.42 Å². The average Bonchev–Trinajstić information content (AvgIpc) is 2.99. The molecule has 3 rings (SSSR count). The van der Waals surface area contributed by atoms with Crippen molar-refractivity contribution in [1.29, 1.82) is 0 Å². The van der Waals surface area contributed by atoms with Gasteiger partial charge in [0.1, 0.15) is 11.3 Å². The lowest BCUT2D eigenvalue weighted by atomic mass is 10.1. The number of sulfonamides is 1.